The van der Waals surface area contributed by atoms with Crippen LogP contribution in [0.4, 0.5) is 5.69 Å². The Hall–Kier alpha value is -1.66. The Bertz CT molecular complexity index is 338. The van der Waals surface area contributed by atoms with E-state index in [1.165, 1.54) is 0 Å². The summed E-state index contributed by atoms with van der Waals surface area (Å²) in [4.78, 5) is 15.3. The van der Waals surface area contributed by atoms with Gasteiger partial charge in [0, 0.05) is 19.6 Å². The molecular formula is C10H17N5O. The summed E-state index contributed by atoms with van der Waals surface area (Å²) in [6.07, 6.45) is 1.62. The predicted octanol–water partition coefficient (Wildman–Crippen LogP) is -0.295. The lowest BCUT2D eigenvalue weighted by atomic mass is 10.3. The molecule has 16 heavy (non-hydrogen) atoms. The summed E-state index contributed by atoms with van der Waals surface area (Å²) in [5.74, 6) is 5.01. The zero-order valence-corrected chi connectivity index (χ0v) is 9.45. The molecule has 0 aromatic carbocycles. The Morgan fingerprint density at radius 3 is 2.81 bits per heavy atom. The van der Waals surface area contributed by atoms with E-state index in [0.717, 1.165) is 5.69 Å². The van der Waals surface area contributed by atoms with E-state index >= 15 is 0 Å². The molecule has 6 heteroatoms. The average Bonchev–Trinajstić information content (AvgIpc) is 2.29. The standard InChI is InChI=1S/C10H17N5O/c1-7(5-14-11)15-8-3-4-9(13-6-8)10(16)12-2/h3-4,6-7,14-15H,5,11H2,1-2H3,(H,12,16). The van der Waals surface area contributed by atoms with E-state index in [1.807, 2.05) is 13.0 Å². The lowest BCUT2D eigenvalue weighted by Gasteiger charge is -2.14. The molecule has 1 heterocycles. The second-order valence-electron chi connectivity index (χ2n) is 3.46. The summed E-state index contributed by atoms with van der Waals surface area (Å²) in [6.45, 7) is 2.64. The first-order chi connectivity index (χ1) is 7.67. The van der Waals surface area contributed by atoms with Gasteiger partial charge in [-0.05, 0) is 19.1 Å². The molecule has 0 fully saturated rings. The first-order valence-corrected chi connectivity index (χ1v) is 5.05. The number of anilines is 1. The van der Waals surface area contributed by atoms with E-state index < -0.39 is 0 Å². The van der Waals surface area contributed by atoms with Crippen LogP contribution < -0.4 is 21.9 Å². The van der Waals surface area contributed by atoms with Gasteiger partial charge >= 0.3 is 0 Å². The minimum Gasteiger partial charge on any atom is -0.380 e. The molecular weight excluding hydrogens is 206 g/mol. The Kier molecular flexibility index (Phi) is 4.68. The molecule has 0 aliphatic heterocycles. The van der Waals surface area contributed by atoms with Crippen LogP contribution in [0, 0.1) is 0 Å². The van der Waals surface area contributed by atoms with Gasteiger partial charge in [0.05, 0.1) is 11.9 Å². The monoisotopic (exact) mass is 223 g/mol. The van der Waals surface area contributed by atoms with E-state index in [0.29, 0.717) is 12.2 Å². The molecule has 5 N–H and O–H groups in total. The maximum atomic E-state index is 11.2. The average molecular weight is 223 g/mol. The minimum absolute atomic E-state index is 0.191. The van der Waals surface area contributed by atoms with Gasteiger partial charge in [-0.2, -0.15) is 0 Å². The molecule has 1 aromatic rings. The molecule has 0 spiro atoms. The second kappa shape index (κ2) is 6.04. The molecule has 1 unspecified atom stereocenters. The molecule has 88 valence electrons. The van der Waals surface area contributed by atoms with E-state index in [9.17, 15) is 4.79 Å². The number of carbonyl (C=O) groups is 1. The summed E-state index contributed by atoms with van der Waals surface area (Å²) in [5.41, 5.74) is 3.84. The van der Waals surface area contributed by atoms with Crippen molar-refractivity contribution in [3.05, 3.63) is 24.0 Å². The van der Waals surface area contributed by atoms with E-state index in [1.54, 1.807) is 19.3 Å². The molecule has 0 saturated heterocycles. The zero-order valence-electron chi connectivity index (χ0n) is 9.45. The first-order valence-electron chi connectivity index (χ1n) is 5.05. The van der Waals surface area contributed by atoms with Crippen molar-refractivity contribution in [3.63, 3.8) is 0 Å². The molecule has 1 amide bonds. The van der Waals surface area contributed by atoms with Gasteiger partial charge in [0.25, 0.3) is 5.91 Å². The number of hydrogen-bond acceptors (Lipinski definition) is 5. The van der Waals surface area contributed by atoms with Crippen LogP contribution in [0.1, 0.15) is 17.4 Å². The van der Waals surface area contributed by atoms with Crippen LogP contribution in [0.25, 0.3) is 0 Å². The maximum Gasteiger partial charge on any atom is 0.269 e. The van der Waals surface area contributed by atoms with Gasteiger partial charge in [0.15, 0.2) is 0 Å². The highest BCUT2D eigenvalue weighted by Gasteiger charge is 2.05. The molecule has 1 atom stereocenters. The Morgan fingerprint density at radius 2 is 2.31 bits per heavy atom. The second-order valence-corrected chi connectivity index (χ2v) is 3.46. The van der Waals surface area contributed by atoms with Crippen molar-refractivity contribution in [2.75, 3.05) is 18.9 Å². The van der Waals surface area contributed by atoms with Crippen molar-refractivity contribution in [1.29, 1.82) is 0 Å². The quantitative estimate of drug-likeness (QED) is 0.406. The van der Waals surface area contributed by atoms with E-state index in [4.69, 9.17) is 5.84 Å². The fraction of sp³-hybridized carbons (Fsp3) is 0.400. The molecule has 0 aliphatic carbocycles. The number of pyridine rings is 1. The Labute approximate surface area is 94.6 Å². The molecule has 1 aromatic heterocycles. The summed E-state index contributed by atoms with van der Waals surface area (Å²) in [5, 5.41) is 5.70. The van der Waals surface area contributed by atoms with Crippen LogP contribution in [-0.4, -0.2) is 30.5 Å². The smallest absolute Gasteiger partial charge is 0.269 e. The summed E-state index contributed by atoms with van der Waals surface area (Å²) < 4.78 is 0. The van der Waals surface area contributed by atoms with Crippen LogP contribution in [0.15, 0.2) is 18.3 Å². The van der Waals surface area contributed by atoms with Crippen LogP contribution in [0.2, 0.25) is 0 Å². The number of amides is 1. The third kappa shape index (κ3) is 3.48. The number of nitrogens with two attached hydrogens (primary N) is 1. The Morgan fingerprint density at radius 1 is 1.56 bits per heavy atom. The number of nitrogens with zero attached hydrogens (tertiary/aromatic N) is 1. The molecule has 0 radical (unpaired) electrons. The summed E-state index contributed by atoms with van der Waals surface area (Å²) >= 11 is 0. The summed E-state index contributed by atoms with van der Waals surface area (Å²) in [6, 6.07) is 3.67. The van der Waals surface area contributed by atoms with Crippen molar-refractivity contribution in [2.24, 2.45) is 5.84 Å². The highest BCUT2D eigenvalue weighted by Crippen LogP contribution is 2.07. The third-order valence-electron chi connectivity index (χ3n) is 2.06. The van der Waals surface area contributed by atoms with E-state index in [2.05, 4.69) is 21.0 Å². The van der Waals surface area contributed by atoms with Crippen molar-refractivity contribution >= 4 is 11.6 Å². The van der Waals surface area contributed by atoms with Gasteiger partial charge in [-0.25, -0.2) is 4.98 Å². The van der Waals surface area contributed by atoms with Gasteiger partial charge < -0.3 is 10.6 Å². The van der Waals surface area contributed by atoms with Crippen molar-refractivity contribution in [1.82, 2.24) is 15.7 Å². The molecule has 0 bridgehead atoms. The minimum atomic E-state index is -0.191. The molecule has 0 saturated carbocycles. The molecule has 1 rings (SSSR count). The number of aromatic nitrogens is 1. The lowest BCUT2D eigenvalue weighted by molar-refractivity contribution is 0.0958. The number of hydrogen-bond donors (Lipinski definition) is 4. The number of carbonyl (C=O) groups excluding carboxylic acids is 1. The van der Waals surface area contributed by atoms with Crippen LogP contribution >= 0.6 is 0 Å². The van der Waals surface area contributed by atoms with Gasteiger partial charge in [0.1, 0.15) is 5.69 Å². The topological polar surface area (TPSA) is 92.1 Å². The fourth-order valence-corrected chi connectivity index (χ4v) is 1.25. The first kappa shape index (κ1) is 12.4. The van der Waals surface area contributed by atoms with Gasteiger partial charge in [-0.15, -0.1) is 0 Å². The molecule has 0 aliphatic rings. The number of hydrazine groups is 1. The van der Waals surface area contributed by atoms with Crippen molar-refractivity contribution in [3.8, 4) is 0 Å². The van der Waals surface area contributed by atoms with Crippen LogP contribution in [-0.2, 0) is 0 Å². The maximum absolute atomic E-state index is 11.2. The number of rotatable bonds is 5. The zero-order chi connectivity index (χ0) is 12.0. The lowest BCUT2D eigenvalue weighted by Crippen LogP contribution is -2.34. The van der Waals surface area contributed by atoms with Gasteiger partial charge in [0.2, 0.25) is 0 Å². The highest BCUT2D eigenvalue weighted by molar-refractivity contribution is 5.92. The SMILES string of the molecule is CNC(=O)c1ccc(NC(C)CNN)cn1. The highest BCUT2D eigenvalue weighted by atomic mass is 16.1. The van der Waals surface area contributed by atoms with Crippen LogP contribution in [0.5, 0.6) is 0 Å². The number of nitrogens with one attached hydrogen (secondary N) is 3. The third-order valence-corrected chi connectivity index (χ3v) is 2.06. The van der Waals surface area contributed by atoms with Gasteiger partial charge in [-0.1, -0.05) is 0 Å². The fourth-order valence-electron chi connectivity index (χ4n) is 1.25. The Balaban J connectivity index is 2.61. The predicted molar refractivity (Wildman–Crippen MR) is 62.9 cm³/mol. The van der Waals surface area contributed by atoms with Crippen LogP contribution in [0.3, 0.4) is 0 Å². The normalized spacial score (nSPS) is 11.9. The summed E-state index contributed by atoms with van der Waals surface area (Å²) in [7, 11) is 1.57. The van der Waals surface area contributed by atoms with Crippen molar-refractivity contribution < 1.29 is 4.79 Å². The van der Waals surface area contributed by atoms with Gasteiger partial charge in [-0.3, -0.25) is 16.1 Å². The largest absolute Gasteiger partial charge is 0.380 e. The van der Waals surface area contributed by atoms with Crippen molar-refractivity contribution in [2.45, 2.75) is 13.0 Å². The molecule has 6 nitrogen and oxygen atoms in total. The van der Waals surface area contributed by atoms with E-state index in [-0.39, 0.29) is 11.9 Å².